The van der Waals surface area contributed by atoms with Crippen LogP contribution in [0, 0.1) is 0 Å². The van der Waals surface area contributed by atoms with E-state index in [4.69, 9.17) is 5.73 Å². The van der Waals surface area contributed by atoms with Crippen molar-refractivity contribution in [3.05, 3.63) is 22.4 Å². The molecule has 2 N–H and O–H groups in total. The molecule has 0 unspecified atom stereocenters. The van der Waals surface area contributed by atoms with E-state index in [2.05, 4.69) is 0 Å². The van der Waals surface area contributed by atoms with Gasteiger partial charge in [-0.25, -0.2) is 0 Å². The first kappa shape index (κ1) is 11.6. The Bertz CT molecular complexity index is 355. The standard InChI is InChI=1S/C12H18N2OS/c1-14(9-10-5-4-8-16-10)11(15)12(13)6-2-3-7-12/h4-5,8H,2-3,6-7,9,13H2,1H3. The summed E-state index contributed by atoms with van der Waals surface area (Å²) in [6.07, 6.45) is 3.82. The maximum absolute atomic E-state index is 12.2. The molecule has 1 aromatic rings. The van der Waals surface area contributed by atoms with E-state index in [-0.39, 0.29) is 5.91 Å². The molecule has 0 radical (unpaired) electrons. The van der Waals surface area contributed by atoms with Gasteiger partial charge in [0.1, 0.15) is 0 Å². The number of amides is 1. The van der Waals surface area contributed by atoms with Gasteiger partial charge in [0.05, 0.1) is 12.1 Å². The fourth-order valence-corrected chi connectivity index (χ4v) is 3.07. The monoisotopic (exact) mass is 238 g/mol. The predicted octanol–water partition coefficient (Wildman–Crippen LogP) is 1.98. The van der Waals surface area contributed by atoms with Gasteiger partial charge in [0.2, 0.25) is 5.91 Å². The second kappa shape index (κ2) is 4.55. The number of carbonyl (C=O) groups is 1. The Morgan fingerprint density at radius 1 is 1.56 bits per heavy atom. The lowest BCUT2D eigenvalue weighted by atomic mass is 9.97. The minimum absolute atomic E-state index is 0.0957. The number of carbonyl (C=O) groups excluding carboxylic acids is 1. The van der Waals surface area contributed by atoms with E-state index in [1.807, 2.05) is 24.6 Å². The highest BCUT2D eigenvalue weighted by atomic mass is 32.1. The summed E-state index contributed by atoms with van der Waals surface area (Å²) in [5.74, 6) is 0.0957. The van der Waals surface area contributed by atoms with Gasteiger partial charge in [-0.3, -0.25) is 4.79 Å². The van der Waals surface area contributed by atoms with E-state index in [0.717, 1.165) is 25.7 Å². The van der Waals surface area contributed by atoms with Crippen LogP contribution in [0.1, 0.15) is 30.6 Å². The Hall–Kier alpha value is -0.870. The molecule has 0 saturated heterocycles. The summed E-state index contributed by atoms with van der Waals surface area (Å²) < 4.78 is 0. The normalized spacial score (nSPS) is 18.6. The number of nitrogens with zero attached hydrogens (tertiary/aromatic N) is 1. The largest absolute Gasteiger partial charge is 0.339 e. The predicted molar refractivity (Wildman–Crippen MR) is 66.2 cm³/mol. The Balaban J connectivity index is 1.99. The lowest BCUT2D eigenvalue weighted by Gasteiger charge is -2.28. The van der Waals surface area contributed by atoms with Crippen LogP contribution in [0.25, 0.3) is 0 Å². The van der Waals surface area contributed by atoms with Crippen molar-refractivity contribution in [3.63, 3.8) is 0 Å². The van der Waals surface area contributed by atoms with E-state index in [0.29, 0.717) is 6.54 Å². The Kier molecular flexibility index (Phi) is 3.30. The van der Waals surface area contributed by atoms with Gasteiger partial charge in [0.25, 0.3) is 0 Å². The van der Waals surface area contributed by atoms with Crippen LogP contribution in [0.2, 0.25) is 0 Å². The number of rotatable bonds is 3. The van der Waals surface area contributed by atoms with Crippen molar-refractivity contribution in [1.29, 1.82) is 0 Å². The van der Waals surface area contributed by atoms with Gasteiger partial charge in [-0.2, -0.15) is 0 Å². The van der Waals surface area contributed by atoms with Gasteiger partial charge in [0, 0.05) is 11.9 Å². The van der Waals surface area contributed by atoms with Crippen LogP contribution in [0.4, 0.5) is 0 Å². The third-order valence-electron chi connectivity index (χ3n) is 3.24. The minimum Gasteiger partial charge on any atom is -0.339 e. The summed E-state index contributed by atoms with van der Waals surface area (Å²) in [5.41, 5.74) is 5.55. The average molecular weight is 238 g/mol. The molecule has 0 aliphatic heterocycles. The topological polar surface area (TPSA) is 46.3 Å². The molecule has 4 heteroatoms. The summed E-state index contributed by atoms with van der Waals surface area (Å²) in [6.45, 7) is 0.676. The van der Waals surface area contributed by atoms with E-state index in [9.17, 15) is 4.79 Å². The summed E-state index contributed by atoms with van der Waals surface area (Å²) >= 11 is 1.68. The molecular formula is C12H18N2OS. The molecule has 1 aliphatic carbocycles. The van der Waals surface area contributed by atoms with E-state index < -0.39 is 5.54 Å². The SMILES string of the molecule is CN(Cc1cccs1)C(=O)C1(N)CCCC1. The third kappa shape index (κ3) is 2.28. The third-order valence-corrected chi connectivity index (χ3v) is 4.10. The van der Waals surface area contributed by atoms with Crippen molar-refractivity contribution in [2.24, 2.45) is 5.73 Å². The first-order valence-electron chi connectivity index (χ1n) is 5.69. The smallest absolute Gasteiger partial charge is 0.242 e. The molecule has 88 valence electrons. The molecule has 0 aromatic carbocycles. The first-order valence-corrected chi connectivity index (χ1v) is 6.57. The fraction of sp³-hybridized carbons (Fsp3) is 0.583. The molecule has 1 fully saturated rings. The minimum atomic E-state index is -0.591. The zero-order valence-corrected chi connectivity index (χ0v) is 10.4. The van der Waals surface area contributed by atoms with Crippen LogP contribution >= 0.6 is 11.3 Å². The summed E-state index contributed by atoms with van der Waals surface area (Å²) in [5, 5.41) is 2.03. The van der Waals surface area contributed by atoms with Gasteiger partial charge in [-0.05, 0) is 24.3 Å². The maximum Gasteiger partial charge on any atom is 0.242 e. The van der Waals surface area contributed by atoms with Gasteiger partial charge < -0.3 is 10.6 Å². The van der Waals surface area contributed by atoms with Crippen LogP contribution in [0.15, 0.2) is 17.5 Å². The molecular weight excluding hydrogens is 220 g/mol. The van der Waals surface area contributed by atoms with Crippen LogP contribution in [-0.2, 0) is 11.3 Å². The highest BCUT2D eigenvalue weighted by molar-refractivity contribution is 7.09. The molecule has 2 rings (SSSR count). The number of hydrogen-bond donors (Lipinski definition) is 1. The highest BCUT2D eigenvalue weighted by Crippen LogP contribution is 2.29. The van der Waals surface area contributed by atoms with Crippen molar-refractivity contribution in [3.8, 4) is 0 Å². The summed E-state index contributed by atoms with van der Waals surface area (Å²) in [6, 6.07) is 4.05. The Labute approximate surface area is 100 Å². The van der Waals surface area contributed by atoms with Crippen molar-refractivity contribution in [1.82, 2.24) is 4.90 Å². The number of nitrogens with two attached hydrogens (primary N) is 1. The lowest BCUT2D eigenvalue weighted by molar-refractivity contribution is -0.136. The molecule has 0 atom stereocenters. The van der Waals surface area contributed by atoms with Gasteiger partial charge in [-0.15, -0.1) is 11.3 Å². The van der Waals surface area contributed by atoms with Gasteiger partial charge in [-0.1, -0.05) is 18.9 Å². The quantitative estimate of drug-likeness (QED) is 0.875. The molecule has 0 bridgehead atoms. The second-order valence-corrected chi connectivity index (χ2v) is 5.64. The number of hydrogen-bond acceptors (Lipinski definition) is 3. The van der Waals surface area contributed by atoms with Crippen LogP contribution in [0.5, 0.6) is 0 Å². The van der Waals surface area contributed by atoms with Crippen molar-refractivity contribution < 1.29 is 4.79 Å². The molecule has 3 nitrogen and oxygen atoms in total. The molecule has 0 spiro atoms. The summed E-state index contributed by atoms with van der Waals surface area (Å²) in [4.78, 5) is 15.2. The van der Waals surface area contributed by atoms with Crippen LogP contribution in [-0.4, -0.2) is 23.4 Å². The fourth-order valence-electron chi connectivity index (χ4n) is 2.31. The second-order valence-electron chi connectivity index (χ2n) is 4.60. The van der Waals surface area contributed by atoms with Gasteiger partial charge in [0.15, 0.2) is 0 Å². The van der Waals surface area contributed by atoms with E-state index in [1.54, 1.807) is 16.2 Å². The first-order chi connectivity index (χ1) is 7.62. The number of thiophene rings is 1. The summed E-state index contributed by atoms with van der Waals surface area (Å²) in [7, 11) is 1.84. The lowest BCUT2D eigenvalue weighted by Crippen LogP contribution is -2.52. The van der Waals surface area contributed by atoms with Crippen molar-refractivity contribution in [2.45, 2.75) is 37.8 Å². The average Bonchev–Trinajstić information content (AvgIpc) is 2.89. The van der Waals surface area contributed by atoms with E-state index >= 15 is 0 Å². The Morgan fingerprint density at radius 2 is 2.25 bits per heavy atom. The number of likely N-dealkylation sites (N-methyl/N-ethyl adjacent to an activating group) is 1. The van der Waals surface area contributed by atoms with Crippen LogP contribution in [0.3, 0.4) is 0 Å². The van der Waals surface area contributed by atoms with Gasteiger partial charge >= 0.3 is 0 Å². The van der Waals surface area contributed by atoms with E-state index in [1.165, 1.54) is 4.88 Å². The zero-order valence-electron chi connectivity index (χ0n) is 9.61. The molecule has 1 aromatic heterocycles. The molecule has 1 saturated carbocycles. The maximum atomic E-state index is 12.2. The zero-order chi connectivity index (χ0) is 11.6. The Morgan fingerprint density at radius 3 is 2.81 bits per heavy atom. The highest BCUT2D eigenvalue weighted by Gasteiger charge is 2.38. The van der Waals surface area contributed by atoms with Crippen molar-refractivity contribution in [2.75, 3.05) is 7.05 Å². The van der Waals surface area contributed by atoms with Crippen LogP contribution < -0.4 is 5.73 Å². The van der Waals surface area contributed by atoms with Crippen molar-refractivity contribution >= 4 is 17.2 Å². The molecule has 16 heavy (non-hydrogen) atoms. The molecule has 1 aliphatic rings. The molecule has 1 amide bonds. The molecule has 1 heterocycles.